The number of fused-ring (bicyclic) bond motifs is 2. The third-order valence-electron chi connectivity index (χ3n) is 5.39. The van der Waals surface area contributed by atoms with E-state index in [0.29, 0.717) is 11.1 Å². The molecule has 134 valence electrons. The van der Waals surface area contributed by atoms with E-state index in [1.54, 1.807) is 12.1 Å². The Labute approximate surface area is 161 Å². The summed E-state index contributed by atoms with van der Waals surface area (Å²) in [7, 11) is 0. The van der Waals surface area contributed by atoms with Crippen LogP contribution in [0.1, 0.15) is 17.0 Å². The zero-order valence-electron chi connectivity index (χ0n) is 14.9. The van der Waals surface area contributed by atoms with Gasteiger partial charge in [-0.3, -0.25) is 9.59 Å². The molecular weight excluding hydrogens is 348 g/mol. The summed E-state index contributed by atoms with van der Waals surface area (Å²) in [5.41, 5.74) is 1.28. The number of rotatable bonds is 2. The van der Waals surface area contributed by atoms with E-state index in [2.05, 4.69) is 0 Å². The Morgan fingerprint density at radius 3 is 1.86 bits per heavy atom. The Hall–Kier alpha value is -3.72. The SMILES string of the molecule is O=C1C(O)=C(c2ccc3ccccc3c2)C(=O)C1c1ccc2ccccc2c1. The first kappa shape index (κ1) is 16.5. The molecule has 0 spiro atoms. The van der Waals surface area contributed by atoms with Crippen LogP contribution in [-0.2, 0) is 9.59 Å². The highest BCUT2D eigenvalue weighted by atomic mass is 16.3. The lowest BCUT2D eigenvalue weighted by Crippen LogP contribution is -2.15. The van der Waals surface area contributed by atoms with Gasteiger partial charge >= 0.3 is 0 Å². The van der Waals surface area contributed by atoms with Crippen molar-refractivity contribution in [2.45, 2.75) is 5.92 Å². The van der Waals surface area contributed by atoms with Crippen LogP contribution in [0.2, 0.25) is 0 Å². The Bertz CT molecular complexity index is 1310. The van der Waals surface area contributed by atoms with Crippen molar-refractivity contribution in [2.24, 2.45) is 0 Å². The van der Waals surface area contributed by atoms with E-state index >= 15 is 0 Å². The van der Waals surface area contributed by atoms with Gasteiger partial charge < -0.3 is 5.11 Å². The normalized spacial score (nSPS) is 17.1. The lowest BCUT2D eigenvalue weighted by molar-refractivity contribution is -0.123. The number of hydrogen-bond donors (Lipinski definition) is 1. The number of allylic oxidation sites excluding steroid dienone is 2. The topological polar surface area (TPSA) is 54.4 Å². The lowest BCUT2D eigenvalue weighted by Gasteiger charge is -2.10. The zero-order valence-corrected chi connectivity index (χ0v) is 14.9. The number of Topliss-reactive ketones (excluding diaryl/α,β-unsaturated/α-hetero) is 2. The first-order chi connectivity index (χ1) is 13.6. The lowest BCUT2D eigenvalue weighted by atomic mass is 9.90. The first-order valence-electron chi connectivity index (χ1n) is 9.13. The molecule has 28 heavy (non-hydrogen) atoms. The van der Waals surface area contributed by atoms with Gasteiger partial charge in [-0.1, -0.05) is 72.8 Å². The van der Waals surface area contributed by atoms with Gasteiger partial charge in [0.25, 0.3) is 0 Å². The third kappa shape index (κ3) is 2.44. The third-order valence-corrected chi connectivity index (χ3v) is 5.39. The fraction of sp³-hybridized carbons (Fsp3) is 0.0400. The van der Waals surface area contributed by atoms with E-state index in [4.69, 9.17) is 0 Å². The van der Waals surface area contributed by atoms with Gasteiger partial charge in [0.1, 0.15) is 5.92 Å². The number of aliphatic hydroxyl groups is 1. The molecule has 0 aliphatic heterocycles. The van der Waals surface area contributed by atoms with E-state index in [1.807, 2.05) is 72.8 Å². The first-order valence-corrected chi connectivity index (χ1v) is 9.13. The van der Waals surface area contributed by atoms with E-state index in [-0.39, 0.29) is 11.4 Å². The molecule has 0 bridgehead atoms. The molecule has 0 aromatic heterocycles. The summed E-state index contributed by atoms with van der Waals surface area (Å²) in [6.07, 6.45) is 0. The van der Waals surface area contributed by atoms with Gasteiger partial charge in [-0.15, -0.1) is 0 Å². The number of carbonyl (C=O) groups excluding carboxylic acids is 2. The monoisotopic (exact) mass is 364 g/mol. The second kappa shape index (κ2) is 6.17. The van der Waals surface area contributed by atoms with Crippen LogP contribution in [0.5, 0.6) is 0 Å². The van der Waals surface area contributed by atoms with Crippen LogP contribution in [-0.4, -0.2) is 16.7 Å². The summed E-state index contributed by atoms with van der Waals surface area (Å²) in [6, 6.07) is 26.6. The van der Waals surface area contributed by atoms with E-state index in [1.165, 1.54) is 0 Å². The second-order valence-electron chi connectivity index (χ2n) is 7.05. The smallest absolute Gasteiger partial charge is 0.213 e. The molecule has 4 aromatic carbocycles. The number of hydrogen-bond acceptors (Lipinski definition) is 3. The van der Waals surface area contributed by atoms with Crippen molar-refractivity contribution >= 4 is 38.7 Å². The highest BCUT2D eigenvalue weighted by Gasteiger charge is 2.42. The molecule has 0 radical (unpaired) electrons. The molecule has 0 heterocycles. The minimum atomic E-state index is -0.994. The molecule has 3 heteroatoms. The largest absolute Gasteiger partial charge is 0.504 e. The summed E-state index contributed by atoms with van der Waals surface area (Å²) in [4.78, 5) is 25.9. The van der Waals surface area contributed by atoms with Crippen molar-refractivity contribution in [3.05, 3.63) is 102 Å². The average Bonchev–Trinajstić information content (AvgIpc) is 2.95. The number of carbonyl (C=O) groups is 2. The predicted molar refractivity (Wildman–Crippen MR) is 110 cm³/mol. The Kier molecular flexibility index (Phi) is 3.63. The summed E-state index contributed by atoms with van der Waals surface area (Å²) in [5.74, 6) is -2.33. The van der Waals surface area contributed by atoms with Crippen molar-refractivity contribution in [3.63, 3.8) is 0 Å². The van der Waals surface area contributed by atoms with Crippen molar-refractivity contribution in [1.29, 1.82) is 0 Å². The maximum absolute atomic E-state index is 13.2. The van der Waals surface area contributed by atoms with Crippen molar-refractivity contribution < 1.29 is 14.7 Å². The van der Waals surface area contributed by atoms with Gasteiger partial charge in [-0.2, -0.15) is 0 Å². The molecule has 1 atom stereocenters. The molecule has 0 saturated heterocycles. The van der Waals surface area contributed by atoms with Gasteiger partial charge in [0.15, 0.2) is 11.5 Å². The molecule has 0 amide bonds. The van der Waals surface area contributed by atoms with E-state index < -0.39 is 17.5 Å². The van der Waals surface area contributed by atoms with Crippen LogP contribution in [0.15, 0.2) is 90.7 Å². The molecule has 1 N–H and O–H groups in total. The van der Waals surface area contributed by atoms with E-state index in [0.717, 1.165) is 21.5 Å². The van der Waals surface area contributed by atoms with Crippen LogP contribution in [0.25, 0.3) is 27.1 Å². The highest BCUT2D eigenvalue weighted by molar-refractivity contribution is 6.41. The molecule has 4 aromatic rings. The molecule has 0 saturated carbocycles. The molecule has 1 aliphatic carbocycles. The summed E-state index contributed by atoms with van der Waals surface area (Å²) in [6.45, 7) is 0. The predicted octanol–water partition coefficient (Wildman–Crippen LogP) is 5.20. The molecule has 1 aliphatic rings. The maximum Gasteiger partial charge on any atom is 0.213 e. The van der Waals surface area contributed by atoms with Crippen LogP contribution in [0.4, 0.5) is 0 Å². The van der Waals surface area contributed by atoms with Crippen LogP contribution < -0.4 is 0 Å². The maximum atomic E-state index is 13.2. The summed E-state index contributed by atoms with van der Waals surface area (Å²) in [5, 5.41) is 14.5. The summed E-state index contributed by atoms with van der Waals surface area (Å²) < 4.78 is 0. The zero-order chi connectivity index (χ0) is 19.3. The van der Waals surface area contributed by atoms with Crippen LogP contribution in [0.3, 0.4) is 0 Å². The van der Waals surface area contributed by atoms with Gasteiger partial charge in [-0.05, 0) is 44.8 Å². The Morgan fingerprint density at radius 1 is 0.607 bits per heavy atom. The van der Waals surface area contributed by atoms with Gasteiger partial charge in [0.2, 0.25) is 5.78 Å². The van der Waals surface area contributed by atoms with Crippen LogP contribution >= 0.6 is 0 Å². The number of aliphatic hydroxyl groups excluding tert-OH is 1. The second-order valence-corrected chi connectivity index (χ2v) is 7.05. The van der Waals surface area contributed by atoms with Gasteiger partial charge in [-0.25, -0.2) is 0 Å². The minimum absolute atomic E-state index is 0.105. The highest BCUT2D eigenvalue weighted by Crippen LogP contribution is 2.38. The molecule has 5 rings (SSSR count). The molecule has 1 unspecified atom stereocenters. The standard InChI is InChI=1S/C25H16O3/c26-23-21(19-11-9-15-5-1-3-7-17(15)13-19)24(27)25(28)22(23)20-12-10-16-6-2-4-8-18(16)14-20/h1-14,21,28H. The van der Waals surface area contributed by atoms with Crippen molar-refractivity contribution in [3.8, 4) is 0 Å². The molecular formula is C25H16O3. The van der Waals surface area contributed by atoms with E-state index in [9.17, 15) is 14.7 Å². The fourth-order valence-electron chi connectivity index (χ4n) is 3.95. The van der Waals surface area contributed by atoms with Crippen molar-refractivity contribution in [2.75, 3.05) is 0 Å². The average molecular weight is 364 g/mol. The quantitative estimate of drug-likeness (QED) is 0.498. The minimum Gasteiger partial charge on any atom is -0.504 e. The Morgan fingerprint density at radius 2 is 1.18 bits per heavy atom. The molecule has 3 nitrogen and oxygen atoms in total. The molecule has 0 fully saturated rings. The Balaban J connectivity index is 1.60. The van der Waals surface area contributed by atoms with Gasteiger partial charge in [0, 0.05) is 0 Å². The van der Waals surface area contributed by atoms with Gasteiger partial charge in [0.05, 0.1) is 5.57 Å². The van der Waals surface area contributed by atoms with Crippen molar-refractivity contribution in [1.82, 2.24) is 0 Å². The number of benzene rings is 4. The summed E-state index contributed by atoms with van der Waals surface area (Å²) >= 11 is 0. The number of ketones is 2. The fourth-order valence-corrected chi connectivity index (χ4v) is 3.95. The van der Waals surface area contributed by atoms with Crippen LogP contribution in [0, 0.1) is 0 Å².